The van der Waals surface area contributed by atoms with Crippen LogP contribution in [0.2, 0.25) is 0 Å². The van der Waals surface area contributed by atoms with Crippen LogP contribution in [0, 0.1) is 0 Å². The molecule has 0 bridgehead atoms. The second-order valence-corrected chi connectivity index (χ2v) is 9.62. The Hall–Kier alpha value is -1.83. The molecular weight excluding hydrogens is 432 g/mol. The van der Waals surface area contributed by atoms with Gasteiger partial charge < -0.3 is 10.1 Å². The van der Waals surface area contributed by atoms with E-state index in [1.54, 1.807) is 6.07 Å². The highest BCUT2D eigenvalue weighted by atomic mass is 32.2. The van der Waals surface area contributed by atoms with Gasteiger partial charge in [0.25, 0.3) is 10.0 Å². The van der Waals surface area contributed by atoms with Crippen LogP contribution in [0.4, 0.5) is 10.8 Å². The maximum absolute atomic E-state index is 12.6. The second kappa shape index (κ2) is 9.39. The quantitative estimate of drug-likeness (QED) is 0.462. The molecule has 0 saturated carbocycles. The van der Waals surface area contributed by atoms with E-state index in [0.29, 0.717) is 10.0 Å². The number of amides is 1. The molecule has 0 unspecified atom stereocenters. The second-order valence-electron chi connectivity index (χ2n) is 4.89. The first-order valence-electron chi connectivity index (χ1n) is 7.26. The molecule has 0 aliphatic rings. The summed E-state index contributed by atoms with van der Waals surface area (Å²) >= 11 is 3.48. The van der Waals surface area contributed by atoms with Crippen LogP contribution in [0.25, 0.3) is 0 Å². The number of esters is 1. The van der Waals surface area contributed by atoms with E-state index in [4.69, 9.17) is 0 Å². The molecular formula is C14H16N4O5S4. The van der Waals surface area contributed by atoms with Gasteiger partial charge in [-0.2, -0.15) is 0 Å². The monoisotopic (exact) mass is 448 g/mol. The summed E-state index contributed by atoms with van der Waals surface area (Å²) in [5.41, 5.74) is 0.407. The maximum Gasteiger partial charge on any atom is 0.316 e. The van der Waals surface area contributed by atoms with Crippen LogP contribution in [-0.2, 0) is 24.3 Å². The van der Waals surface area contributed by atoms with Crippen molar-refractivity contribution in [3.8, 4) is 0 Å². The van der Waals surface area contributed by atoms with Gasteiger partial charge in [-0.05, 0) is 24.5 Å². The Morgan fingerprint density at radius 1 is 1.30 bits per heavy atom. The van der Waals surface area contributed by atoms with E-state index < -0.39 is 16.0 Å². The lowest BCUT2D eigenvalue weighted by atomic mass is 10.3. The minimum atomic E-state index is -3.92. The zero-order valence-electron chi connectivity index (χ0n) is 14.5. The average Bonchev–Trinajstić information content (AvgIpc) is 3.05. The summed E-state index contributed by atoms with van der Waals surface area (Å²) in [5, 5.41) is 10.3. The number of rotatable bonds is 8. The first-order valence-corrected chi connectivity index (χ1v) is 11.8. The number of ether oxygens (including phenoxy) is 1. The molecule has 2 aromatic rings. The van der Waals surface area contributed by atoms with Crippen LogP contribution in [0.15, 0.2) is 32.3 Å². The molecule has 1 heterocycles. The highest BCUT2D eigenvalue weighted by Gasteiger charge is 2.19. The van der Waals surface area contributed by atoms with Gasteiger partial charge in [-0.15, -0.1) is 22.0 Å². The van der Waals surface area contributed by atoms with E-state index in [-0.39, 0.29) is 21.7 Å². The molecule has 0 spiro atoms. The largest absolute Gasteiger partial charge is 0.468 e. The summed E-state index contributed by atoms with van der Waals surface area (Å²) in [6.45, 7) is 1.35. The molecule has 1 aromatic carbocycles. The number of aromatic nitrogens is 2. The number of nitrogens with zero attached hydrogens (tertiary/aromatic N) is 2. The molecule has 1 aromatic heterocycles. The lowest BCUT2D eigenvalue weighted by Crippen LogP contribution is -2.14. The third-order valence-corrected chi connectivity index (χ3v) is 7.17. The number of nitrogens with one attached hydrogen (secondary N) is 2. The number of methoxy groups -OCH3 is 1. The third-order valence-electron chi connectivity index (χ3n) is 2.96. The van der Waals surface area contributed by atoms with Gasteiger partial charge in [0.2, 0.25) is 11.0 Å². The van der Waals surface area contributed by atoms with Crippen LogP contribution >= 0.6 is 34.9 Å². The van der Waals surface area contributed by atoms with Crippen molar-refractivity contribution >= 4 is 67.6 Å². The predicted molar refractivity (Wildman–Crippen MR) is 106 cm³/mol. The van der Waals surface area contributed by atoms with Crippen LogP contribution in [0.5, 0.6) is 0 Å². The topological polar surface area (TPSA) is 127 Å². The molecule has 13 heteroatoms. The number of thioether (sulfide) groups is 2. The minimum Gasteiger partial charge on any atom is -0.468 e. The molecule has 9 nitrogen and oxygen atoms in total. The summed E-state index contributed by atoms with van der Waals surface area (Å²) in [6, 6.07) is 4.43. The van der Waals surface area contributed by atoms with Gasteiger partial charge in [0, 0.05) is 11.8 Å². The van der Waals surface area contributed by atoms with E-state index in [1.807, 2.05) is 6.26 Å². The predicted octanol–water partition coefficient (Wildman–Crippen LogP) is 2.28. The highest BCUT2D eigenvalue weighted by molar-refractivity contribution is 8.01. The highest BCUT2D eigenvalue weighted by Crippen LogP contribution is 2.30. The zero-order valence-corrected chi connectivity index (χ0v) is 17.8. The fourth-order valence-corrected chi connectivity index (χ4v) is 5.18. The maximum atomic E-state index is 12.6. The van der Waals surface area contributed by atoms with Crippen molar-refractivity contribution < 1.29 is 22.7 Å². The number of hydrogen-bond acceptors (Lipinski definition) is 10. The van der Waals surface area contributed by atoms with Crippen molar-refractivity contribution in [3.05, 3.63) is 18.2 Å². The van der Waals surface area contributed by atoms with E-state index in [2.05, 4.69) is 25.0 Å². The van der Waals surface area contributed by atoms with Crippen molar-refractivity contribution in [2.75, 3.05) is 29.2 Å². The Kier molecular flexibility index (Phi) is 7.47. The Balaban J connectivity index is 2.18. The van der Waals surface area contributed by atoms with Crippen LogP contribution in [0.1, 0.15) is 6.92 Å². The fraction of sp³-hybridized carbons (Fsp3) is 0.286. The van der Waals surface area contributed by atoms with E-state index >= 15 is 0 Å². The molecule has 1 amide bonds. The van der Waals surface area contributed by atoms with Gasteiger partial charge in [0.1, 0.15) is 0 Å². The van der Waals surface area contributed by atoms with Gasteiger partial charge in [-0.1, -0.05) is 23.1 Å². The van der Waals surface area contributed by atoms with Crippen LogP contribution in [-0.4, -0.2) is 49.6 Å². The normalized spacial score (nSPS) is 11.1. The lowest BCUT2D eigenvalue weighted by molar-refractivity contribution is -0.137. The van der Waals surface area contributed by atoms with Crippen molar-refractivity contribution in [2.45, 2.75) is 21.1 Å². The summed E-state index contributed by atoms with van der Waals surface area (Å²) < 4.78 is 32.5. The average molecular weight is 449 g/mol. The lowest BCUT2D eigenvalue weighted by Gasteiger charge is -2.11. The van der Waals surface area contributed by atoms with Crippen molar-refractivity contribution in [1.29, 1.82) is 0 Å². The van der Waals surface area contributed by atoms with E-state index in [0.717, 1.165) is 28.0 Å². The number of hydrogen-bond donors (Lipinski definition) is 2. The van der Waals surface area contributed by atoms with Crippen LogP contribution < -0.4 is 10.0 Å². The zero-order chi connectivity index (χ0) is 20.0. The number of carbonyl (C=O) groups is 2. The summed E-state index contributed by atoms with van der Waals surface area (Å²) in [4.78, 5) is 23.2. The van der Waals surface area contributed by atoms with Crippen molar-refractivity contribution in [1.82, 2.24) is 10.2 Å². The minimum absolute atomic E-state index is 0.0250. The van der Waals surface area contributed by atoms with Gasteiger partial charge in [0.05, 0.1) is 23.4 Å². The SMILES string of the molecule is COC(=O)CSc1nnc(NS(=O)(=O)c2ccc(SC)c(NC(C)=O)c2)s1. The van der Waals surface area contributed by atoms with Gasteiger partial charge in [-0.3, -0.25) is 14.3 Å². The third kappa shape index (κ3) is 6.09. The van der Waals surface area contributed by atoms with Crippen molar-refractivity contribution in [2.24, 2.45) is 0 Å². The van der Waals surface area contributed by atoms with Crippen molar-refractivity contribution in [3.63, 3.8) is 0 Å². The van der Waals surface area contributed by atoms with Gasteiger partial charge >= 0.3 is 5.97 Å². The summed E-state index contributed by atoms with van der Waals surface area (Å²) in [6.07, 6.45) is 1.82. The first-order chi connectivity index (χ1) is 12.7. The molecule has 146 valence electrons. The summed E-state index contributed by atoms with van der Waals surface area (Å²) in [7, 11) is -2.64. The molecule has 0 saturated heterocycles. The molecule has 0 radical (unpaired) electrons. The first kappa shape index (κ1) is 21.5. The molecule has 0 aliphatic carbocycles. The number of carbonyl (C=O) groups excluding carboxylic acids is 2. The Bertz CT molecular complexity index is 945. The molecule has 0 atom stereocenters. The Morgan fingerprint density at radius 3 is 2.67 bits per heavy atom. The molecule has 2 N–H and O–H groups in total. The number of benzene rings is 1. The number of anilines is 2. The summed E-state index contributed by atoms with van der Waals surface area (Å²) in [5.74, 6) is -0.672. The van der Waals surface area contributed by atoms with Crippen LogP contribution in [0.3, 0.4) is 0 Å². The number of sulfonamides is 1. The molecule has 0 fully saturated rings. The molecule has 2 rings (SSSR count). The smallest absolute Gasteiger partial charge is 0.316 e. The van der Waals surface area contributed by atoms with Gasteiger partial charge in [0.15, 0.2) is 4.34 Å². The Labute approximate surface area is 168 Å². The molecule has 0 aliphatic heterocycles. The molecule has 27 heavy (non-hydrogen) atoms. The fourth-order valence-electron chi connectivity index (χ4n) is 1.80. The van der Waals surface area contributed by atoms with E-state index in [1.165, 1.54) is 37.9 Å². The standard InChI is InChI=1S/C14H16N4O5S4/c1-8(19)15-10-6-9(4-5-11(10)24-3)27(21,22)18-13-16-17-14(26-13)25-7-12(20)23-2/h4-6H,7H2,1-3H3,(H,15,19)(H,16,18). The Morgan fingerprint density at radius 2 is 2.04 bits per heavy atom. The van der Waals surface area contributed by atoms with Gasteiger partial charge in [-0.25, -0.2) is 8.42 Å². The van der Waals surface area contributed by atoms with E-state index in [9.17, 15) is 18.0 Å².